The lowest BCUT2D eigenvalue weighted by Crippen LogP contribution is -2.18. The summed E-state index contributed by atoms with van der Waals surface area (Å²) in [6.45, 7) is 0. The van der Waals surface area contributed by atoms with Crippen molar-refractivity contribution in [2.24, 2.45) is 16.5 Å². The second-order valence-electron chi connectivity index (χ2n) is 2.76. The molecule has 0 aliphatic rings. The van der Waals surface area contributed by atoms with Crippen LogP contribution in [0.15, 0.2) is 23.3 Å². The Balaban J connectivity index is 2.94. The SMILES string of the molecule is COC(=O)N=C(N)c1ccc(C(N)=O)cn1. The number of hydrogen-bond donors (Lipinski definition) is 2. The van der Waals surface area contributed by atoms with E-state index in [1.165, 1.54) is 25.4 Å². The van der Waals surface area contributed by atoms with E-state index < -0.39 is 12.0 Å². The number of ether oxygens (including phenoxy) is 1. The van der Waals surface area contributed by atoms with Crippen LogP contribution in [-0.4, -0.2) is 29.9 Å². The average molecular weight is 222 g/mol. The molecule has 0 unspecified atom stereocenters. The summed E-state index contributed by atoms with van der Waals surface area (Å²) in [7, 11) is 1.18. The van der Waals surface area contributed by atoms with Gasteiger partial charge in [-0.2, -0.15) is 4.99 Å². The summed E-state index contributed by atoms with van der Waals surface area (Å²) in [5, 5.41) is 0. The molecule has 7 nitrogen and oxygen atoms in total. The Morgan fingerprint density at radius 2 is 2.06 bits per heavy atom. The molecule has 1 aromatic rings. The van der Waals surface area contributed by atoms with Crippen molar-refractivity contribution in [1.82, 2.24) is 4.98 Å². The molecular formula is C9H10N4O3. The van der Waals surface area contributed by atoms with Crippen LogP contribution in [0.25, 0.3) is 0 Å². The van der Waals surface area contributed by atoms with Gasteiger partial charge in [-0.3, -0.25) is 9.78 Å². The Bertz CT molecular complexity index is 439. The van der Waals surface area contributed by atoms with Gasteiger partial charge < -0.3 is 16.2 Å². The molecule has 1 heterocycles. The van der Waals surface area contributed by atoms with E-state index in [-0.39, 0.29) is 17.1 Å². The van der Waals surface area contributed by atoms with Crippen molar-refractivity contribution in [2.75, 3.05) is 7.11 Å². The Labute approximate surface area is 91.1 Å². The Kier molecular flexibility index (Phi) is 3.54. The number of aromatic nitrogens is 1. The first kappa shape index (κ1) is 11.6. The minimum absolute atomic E-state index is 0.0946. The molecule has 0 atom stereocenters. The third-order valence-corrected chi connectivity index (χ3v) is 1.70. The molecular weight excluding hydrogens is 212 g/mol. The van der Waals surface area contributed by atoms with Crippen LogP contribution >= 0.6 is 0 Å². The van der Waals surface area contributed by atoms with Crippen molar-refractivity contribution in [2.45, 2.75) is 0 Å². The first-order valence-electron chi connectivity index (χ1n) is 4.23. The van der Waals surface area contributed by atoms with Gasteiger partial charge in [-0.15, -0.1) is 0 Å². The van der Waals surface area contributed by atoms with Crippen LogP contribution < -0.4 is 11.5 Å². The molecule has 84 valence electrons. The van der Waals surface area contributed by atoms with Gasteiger partial charge in [0.15, 0.2) is 5.84 Å². The van der Waals surface area contributed by atoms with Crippen LogP contribution in [0.5, 0.6) is 0 Å². The maximum Gasteiger partial charge on any atom is 0.435 e. The molecule has 0 saturated carbocycles. The number of pyridine rings is 1. The minimum atomic E-state index is -0.821. The molecule has 0 aliphatic heterocycles. The Morgan fingerprint density at radius 3 is 2.50 bits per heavy atom. The van der Waals surface area contributed by atoms with E-state index in [4.69, 9.17) is 11.5 Å². The monoisotopic (exact) mass is 222 g/mol. The number of methoxy groups -OCH3 is 1. The number of amidine groups is 1. The highest BCUT2D eigenvalue weighted by Gasteiger charge is 2.05. The van der Waals surface area contributed by atoms with Gasteiger partial charge in [0.2, 0.25) is 5.91 Å². The molecule has 7 heteroatoms. The van der Waals surface area contributed by atoms with Crippen LogP contribution in [0.4, 0.5) is 4.79 Å². The van der Waals surface area contributed by atoms with Crippen molar-refractivity contribution in [3.63, 3.8) is 0 Å². The minimum Gasteiger partial charge on any atom is -0.451 e. The third-order valence-electron chi connectivity index (χ3n) is 1.70. The number of carbonyl (C=O) groups is 2. The van der Waals surface area contributed by atoms with Gasteiger partial charge in [0, 0.05) is 6.20 Å². The van der Waals surface area contributed by atoms with E-state index in [1.54, 1.807) is 0 Å². The quantitative estimate of drug-likeness (QED) is 0.523. The standard InChI is InChI=1S/C9H10N4O3/c1-16-9(15)13-7(10)6-3-2-5(4-12-6)8(11)14/h2-4H,1H3,(H2,11,14)(H2,10,13,15). The maximum atomic E-state index is 10.8. The number of hydrogen-bond acceptors (Lipinski definition) is 4. The fourth-order valence-electron chi connectivity index (χ4n) is 0.892. The number of rotatable bonds is 2. The summed E-state index contributed by atoms with van der Waals surface area (Å²) in [6, 6.07) is 2.87. The highest BCUT2D eigenvalue weighted by molar-refractivity contribution is 6.02. The van der Waals surface area contributed by atoms with Gasteiger partial charge in [0.25, 0.3) is 0 Å². The van der Waals surface area contributed by atoms with Gasteiger partial charge in [-0.1, -0.05) is 0 Å². The largest absolute Gasteiger partial charge is 0.451 e. The van der Waals surface area contributed by atoms with E-state index >= 15 is 0 Å². The number of carbonyl (C=O) groups excluding carboxylic acids is 2. The summed E-state index contributed by atoms with van der Waals surface area (Å²) in [5.74, 6) is -0.689. The Morgan fingerprint density at radius 1 is 1.38 bits per heavy atom. The van der Waals surface area contributed by atoms with E-state index in [9.17, 15) is 9.59 Å². The number of aliphatic imine (C=N–C) groups is 1. The fourth-order valence-corrected chi connectivity index (χ4v) is 0.892. The lowest BCUT2D eigenvalue weighted by atomic mass is 10.2. The molecule has 1 rings (SSSR count). The fraction of sp³-hybridized carbons (Fsp3) is 0.111. The number of nitrogens with two attached hydrogens (primary N) is 2. The summed E-state index contributed by atoms with van der Waals surface area (Å²) in [4.78, 5) is 28.7. The lowest BCUT2D eigenvalue weighted by molar-refractivity contribution is 0.1000. The molecule has 0 aliphatic carbocycles. The third kappa shape index (κ3) is 2.77. The summed E-state index contributed by atoms with van der Waals surface area (Å²) >= 11 is 0. The van der Waals surface area contributed by atoms with Gasteiger partial charge in [-0.05, 0) is 12.1 Å². The van der Waals surface area contributed by atoms with Crippen molar-refractivity contribution >= 4 is 17.8 Å². The maximum absolute atomic E-state index is 10.8. The van der Waals surface area contributed by atoms with Gasteiger partial charge in [0.1, 0.15) is 5.69 Å². The van der Waals surface area contributed by atoms with Crippen molar-refractivity contribution in [3.8, 4) is 0 Å². The van der Waals surface area contributed by atoms with Crippen molar-refractivity contribution < 1.29 is 14.3 Å². The zero-order chi connectivity index (χ0) is 12.1. The zero-order valence-corrected chi connectivity index (χ0v) is 8.51. The molecule has 2 amide bonds. The molecule has 0 spiro atoms. The normalized spacial score (nSPS) is 10.9. The number of amides is 2. The van der Waals surface area contributed by atoms with E-state index in [1.807, 2.05) is 0 Å². The van der Waals surface area contributed by atoms with E-state index in [0.717, 1.165) is 0 Å². The smallest absolute Gasteiger partial charge is 0.435 e. The summed E-state index contributed by atoms with van der Waals surface area (Å²) < 4.78 is 4.30. The molecule has 0 bridgehead atoms. The van der Waals surface area contributed by atoms with Crippen LogP contribution in [-0.2, 0) is 4.74 Å². The highest BCUT2D eigenvalue weighted by atomic mass is 16.5. The van der Waals surface area contributed by atoms with Gasteiger partial charge in [-0.25, -0.2) is 4.79 Å². The van der Waals surface area contributed by atoms with Gasteiger partial charge >= 0.3 is 6.09 Å². The predicted molar refractivity (Wildman–Crippen MR) is 55.9 cm³/mol. The molecule has 0 fully saturated rings. The molecule has 0 radical (unpaired) electrons. The molecule has 0 aromatic carbocycles. The van der Waals surface area contributed by atoms with Crippen molar-refractivity contribution in [1.29, 1.82) is 0 Å². The highest BCUT2D eigenvalue weighted by Crippen LogP contribution is 1.99. The van der Waals surface area contributed by atoms with Crippen LogP contribution in [0.1, 0.15) is 16.1 Å². The number of nitrogens with zero attached hydrogens (tertiary/aromatic N) is 2. The first-order chi connectivity index (χ1) is 7.54. The first-order valence-corrected chi connectivity index (χ1v) is 4.23. The Hall–Kier alpha value is -2.44. The van der Waals surface area contributed by atoms with Gasteiger partial charge in [0.05, 0.1) is 12.7 Å². The van der Waals surface area contributed by atoms with Crippen LogP contribution in [0, 0.1) is 0 Å². The van der Waals surface area contributed by atoms with Crippen LogP contribution in [0.2, 0.25) is 0 Å². The summed E-state index contributed by atoms with van der Waals surface area (Å²) in [5.41, 5.74) is 11.0. The molecule has 1 aromatic heterocycles. The predicted octanol–water partition coefficient (Wildman–Crippen LogP) is -0.348. The topological polar surface area (TPSA) is 121 Å². The average Bonchev–Trinajstić information content (AvgIpc) is 2.28. The van der Waals surface area contributed by atoms with Crippen LogP contribution in [0.3, 0.4) is 0 Å². The molecule has 16 heavy (non-hydrogen) atoms. The number of primary amides is 1. The van der Waals surface area contributed by atoms with E-state index in [2.05, 4.69) is 14.7 Å². The zero-order valence-electron chi connectivity index (χ0n) is 8.51. The second kappa shape index (κ2) is 4.87. The summed E-state index contributed by atoms with van der Waals surface area (Å²) in [6.07, 6.45) is 0.426. The molecule has 0 saturated heterocycles. The van der Waals surface area contributed by atoms with E-state index in [0.29, 0.717) is 0 Å². The molecule has 4 N–H and O–H groups in total. The lowest BCUT2D eigenvalue weighted by Gasteiger charge is -2.00. The van der Waals surface area contributed by atoms with Crippen molar-refractivity contribution in [3.05, 3.63) is 29.6 Å². The second-order valence-corrected chi connectivity index (χ2v) is 2.76.